The number of nitrogens with one attached hydrogen (secondary N) is 1. The van der Waals surface area contributed by atoms with Crippen LogP contribution in [0.15, 0.2) is 58.2 Å². The van der Waals surface area contributed by atoms with Crippen molar-refractivity contribution in [2.24, 2.45) is 0 Å². The zero-order valence-corrected chi connectivity index (χ0v) is 15.5. The monoisotopic (exact) mass is 389 g/mol. The van der Waals surface area contributed by atoms with Crippen LogP contribution in [0.2, 0.25) is 0 Å². The number of thioether (sulfide) groups is 1. The highest BCUT2D eigenvalue weighted by Crippen LogP contribution is 2.26. The molecule has 27 heavy (non-hydrogen) atoms. The lowest BCUT2D eigenvalue weighted by Crippen LogP contribution is -2.28. The first-order valence-corrected chi connectivity index (χ1v) is 9.12. The van der Waals surface area contributed by atoms with Gasteiger partial charge in [0.05, 0.1) is 11.4 Å². The van der Waals surface area contributed by atoms with Crippen molar-refractivity contribution in [1.29, 1.82) is 0 Å². The lowest BCUT2D eigenvalue weighted by molar-refractivity contribution is 0.102. The lowest BCUT2D eigenvalue weighted by Gasteiger charge is -2.13. The molecular weight excluding hydrogens is 372 g/mol. The molecule has 8 heteroatoms. The van der Waals surface area contributed by atoms with Crippen LogP contribution >= 0.6 is 11.8 Å². The van der Waals surface area contributed by atoms with Gasteiger partial charge in [0.2, 0.25) is 0 Å². The number of alkyl halides is 2. The number of benzene rings is 2. The van der Waals surface area contributed by atoms with Crippen LogP contribution in [0.5, 0.6) is 0 Å². The second-order valence-electron chi connectivity index (χ2n) is 6.09. The van der Waals surface area contributed by atoms with Gasteiger partial charge in [-0.3, -0.25) is 9.59 Å². The van der Waals surface area contributed by atoms with Crippen molar-refractivity contribution < 1.29 is 13.6 Å². The van der Waals surface area contributed by atoms with Gasteiger partial charge in [0.15, 0.2) is 5.69 Å². The largest absolute Gasteiger partial charge is 0.321 e. The molecular formula is C19H17F2N3O2S. The molecule has 0 aliphatic rings. The van der Waals surface area contributed by atoms with E-state index in [1.807, 2.05) is 13.8 Å². The first kappa shape index (κ1) is 19.0. The minimum Gasteiger partial charge on any atom is -0.321 e. The van der Waals surface area contributed by atoms with Crippen LogP contribution in [-0.2, 0) is 0 Å². The molecule has 5 nitrogen and oxygen atoms in total. The Balaban J connectivity index is 1.96. The van der Waals surface area contributed by atoms with Crippen molar-refractivity contribution in [3.63, 3.8) is 0 Å². The molecule has 3 rings (SSSR count). The van der Waals surface area contributed by atoms with Crippen LogP contribution in [0.4, 0.5) is 14.5 Å². The number of amides is 1. The predicted octanol–water partition coefficient (Wildman–Crippen LogP) is 4.54. The van der Waals surface area contributed by atoms with E-state index in [1.54, 1.807) is 36.4 Å². The van der Waals surface area contributed by atoms with Crippen LogP contribution < -0.4 is 10.9 Å². The molecule has 0 bridgehead atoms. The molecule has 2 aromatic carbocycles. The van der Waals surface area contributed by atoms with Gasteiger partial charge in [-0.05, 0) is 44.2 Å². The highest BCUT2D eigenvalue weighted by atomic mass is 32.2. The van der Waals surface area contributed by atoms with E-state index >= 15 is 0 Å². The Morgan fingerprint density at radius 2 is 1.70 bits per heavy atom. The Morgan fingerprint density at radius 1 is 1.07 bits per heavy atom. The van der Waals surface area contributed by atoms with Crippen molar-refractivity contribution in [2.75, 3.05) is 5.32 Å². The molecule has 0 aliphatic carbocycles. The molecule has 0 saturated carbocycles. The standard InChI is InChI=1S/C19H17F2N3O2S/c1-11(2)24-18(26)15-6-4-3-5-14(15)16(23-24)17(25)22-12-7-9-13(10-8-12)27-19(20)21/h3-11,19H,1-2H3,(H,22,25). The quantitative estimate of drug-likeness (QED) is 0.651. The molecule has 0 atom stereocenters. The fourth-order valence-corrected chi connectivity index (χ4v) is 3.13. The van der Waals surface area contributed by atoms with Gasteiger partial charge in [-0.25, -0.2) is 4.68 Å². The van der Waals surface area contributed by atoms with E-state index in [1.165, 1.54) is 16.8 Å². The van der Waals surface area contributed by atoms with Crippen molar-refractivity contribution in [1.82, 2.24) is 9.78 Å². The first-order valence-electron chi connectivity index (χ1n) is 8.24. The van der Waals surface area contributed by atoms with Gasteiger partial charge in [0, 0.05) is 16.0 Å². The molecule has 1 N–H and O–H groups in total. The van der Waals surface area contributed by atoms with Crippen LogP contribution in [0.1, 0.15) is 30.4 Å². The van der Waals surface area contributed by atoms with E-state index in [-0.39, 0.29) is 17.3 Å². The maximum Gasteiger partial charge on any atom is 0.288 e. The zero-order chi connectivity index (χ0) is 19.6. The SMILES string of the molecule is CC(C)n1nc(C(=O)Nc2ccc(SC(F)F)cc2)c2ccccc2c1=O. The minimum absolute atomic E-state index is 0.130. The van der Waals surface area contributed by atoms with Gasteiger partial charge < -0.3 is 5.32 Å². The van der Waals surface area contributed by atoms with Crippen LogP contribution in [0.25, 0.3) is 10.8 Å². The van der Waals surface area contributed by atoms with E-state index in [4.69, 9.17) is 0 Å². The van der Waals surface area contributed by atoms with E-state index < -0.39 is 11.7 Å². The molecule has 0 aliphatic heterocycles. The van der Waals surface area contributed by atoms with Crippen LogP contribution in [0.3, 0.4) is 0 Å². The van der Waals surface area contributed by atoms with Crippen molar-refractivity contribution >= 4 is 34.1 Å². The van der Waals surface area contributed by atoms with Crippen molar-refractivity contribution in [2.45, 2.75) is 30.5 Å². The number of hydrogen-bond acceptors (Lipinski definition) is 4. The highest BCUT2D eigenvalue weighted by molar-refractivity contribution is 7.99. The average molecular weight is 389 g/mol. The topological polar surface area (TPSA) is 64.0 Å². The fraction of sp³-hybridized carbons (Fsp3) is 0.211. The van der Waals surface area contributed by atoms with Gasteiger partial charge in [-0.1, -0.05) is 30.0 Å². The molecule has 0 spiro atoms. The number of carbonyl (C=O) groups excluding carboxylic acids is 1. The molecule has 0 saturated heterocycles. The summed E-state index contributed by atoms with van der Waals surface area (Å²) in [5, 5.41) is 7.82. The molecule has 140 valence electrons. The van der Waals surface area contributed by atoms with Crippen molar-refractivity contribution in [3.8, 4) is 0 Å². The summed E-state index contributed by atoms with van der Waals surface area (Å²) in [6.07, 6.45) is 0. The maximum absolute atomic E-state index is 12.8. The Bertz CT molecular complexity index is 1030. The highest BCUT2D eigenvalue weighted by Gasteiger charge is 2.18. The van der Waals surface area contributed by atoms with E-state index in [0.717, 1.165) is 0 Å². The third kappa shape index (κ3) is 4.16. The normalized spacial score (nSPS) is 11.3. The number of hydrogen-bond donors (Lipinski definition) is 1. The summed E-state index contributed by atoms with van der Waals surface area (Å²) in [6, 6.07) is 12.7. The number of anilines is 1. The van der Waals surface area contributed by atoms with Crippen molar-refractivity contribution in [3.05, 3.63) is 64.6 Å². The number of halogens is 2. The Morgan fingerprint density at radius 3 is 2.30 bits per heavy atom. The summed E-state index contributed by atoms with van der Waals surface area (Å²) in [6.45, 7) is 3.62. The molecule has 1 amide bonds. The number of rotatable bonds is 5. The zero-order valence-electron chi connectivity index (χ0n) is 14.6. The molecule has 0 fully saturated rings. The summed E-state index contributed by atoms with van der Waals surface area (Å²) >= 11 is 0.435. The Hall–Kier alpha value is -2.74. The lowest BCUT2D eigenvalue weighted by atomic mass is 10.1. The number of fused-ring (bicyclic) bond motifs is 1. The van der Waals surface area contributed by atoms with E-state index in [2.05, 4.69) is 10.4 Å². The smallest absolute Gasteiger partial charge is 0.288 e. The molecule has 1 heterocycles. The molecule has 0 unspecified atom stereocenters. The molecule has 0 radical (unpaired) electrons. The number of carbonyl (C=O) groups is 1. The molecule has 1 aromatic heterocycles. The summed E-state index contributed by atoms with van der Waals surface area (Å²) in [7, 11) is 0. The number of aromatic nitrogens is 2. The van der Waals surface area contributed by atoms with E-state index in [0.29, 0.717) is 33.1 Å². The van der Waals surface area contributed by atoms with Gasteiger partial charge >= 0.3 is 0 Å². The number of nitrogens with zero attached hydrogens (tertiary/aromatic N) is 2. The second kappa shape index (κ2) is 7.87. The Labute approximate surface area is 158 Å². The third-order valence-electron chi connectivity index (χ3n) is 3.87. The first-order chi connectivity index (χ1) is 12.9. The average Bonchev–Trinajstić information content (AvgIpc) is 2.63. The van der Waals surface area contributed by atoms with Gasteiger partial charge in [-0.2, -0.15) is 13.9 Å². The predicted molar refractivity (Wildman–Crippen MR) is 103 cm³/mol. The second-order valence-corrected chi connectivity index (χ2v) is 7.16. The summed E-state index contributed by atoms with van der Waals surface area (Å²) < 4.78 is 26.1. The third-order valence-corrected chi connectivity index (χ3v) is 4.59. The van der Waals surface area contributed by atoms with Gasteiger partial charge in [-0.15, -0.1) is 0 Å². The fourth-order valence-electron chi connectivity index (χ4n) is 2.63. The summed E-state index contributed by atoms with van der Waals surface area (Å²) in [5.41, 5.74) is 0.322. The van der Waals surface area contributed by atoms with Gasteiger partial charge in [0.25, 0.3) is 17.2 Å². The van der Waals surface area contributed by atoms with Crippen LogP contribution in [-0.4, -0.2) is 21.4 Å². The molecule has 3 aromatic rings. The summed E-state index contributed by atoms with van der Waals surface area (Å²) in [4.78, 5) is 25.7. The maximum atomic E-state index is 12.8. The Kier molecular flexibility index (Phi) is 5.55. The van der Waals surface area contributed by atoms with Crippen LogP contribution in [0, 0.1) is 0 Å². The van der Waals surface area contributed by atoms with Gasteiger partial charge in [0.1, 0.15) is 0 Å². The summed E-state index contributed by atoms with van der Waals surface area (Å²) in [5.74, 6) is -2.98. The van der Waals surface area contributed by atoms with E-state index in [9.17, 15) is 18.4 Å². The minimum atomic E-state index is -2.50.